The van der Waals surface area contributed by atoms with E-state index in [0.29, 0.717) is 23.8 Å². The molecule has 0 radical (unpaired) electrons. The van der Waals surface area contributed by atoms with Gasteiger partial charge >= 0.3 is 5.97 Å². The minimum absolute atomic E-state index is 0.0227. The van der Waals surface area contributed by atoms with Crippen LogP contribution >= 0.6 is 0 Å². The van der Waals surface area contributed by atoms with E-state index in [1.54, 1.807) is 18.6 Å². The summed E-state index contributed by atoms with van der Waals surface area (Å²) in [7, 11) is 0. The number of carbonyl (C=O) groups excluding carboxylic acids is 2. The van der Waals surface area contributed by atoms with Crippen LogP contribution in [0.5, 0.6) is 0 Å². The lowest BCUT2D eigenvalue weighted by Gasteiger charge is -2.61. The lowest BCUT2D eigenvalue weighted by atomic mass is 9.57. The number of hydrogen-bond acceptors (Lipinski definition) is 11. The quantitative estimate of drug-likeness (QED) is 0.186. The predicted molar refractivity (Wildman–Crippen MR) is 198 cm³/mol. The summed E-state index contributed by atoms with van der Waals surface area (Å²) < 4.78 is 21.0. The molecular formula is C42H62N4O7. The van der Waals surface area contributed by atoms with Gasteiger partial charge in [0.2, 0.25) is 0 Å². The molecule has 16 unspecified atom stereocenters. The average molecular weight is 735 g/mol. The molecule has 11 heteroatoms. The Morgan fingerprint density at radius 3 is 2.58 bits per heavy atom. The summed E-state index contributed by atoms with van der Waals surface area (Å²) >= 11 is 0. The first-order chi connectivity index (χ1) is 25.5. The van der Waals surface area contributed by atoms with Crippen LogP contribution in [-0.4, -0.2) is 90.1 Å². The van der Waals surface area contributed by atoms with Crippen molar-refractivity contribution in [3.63, 3.8) is 0 Å². The van der Waals surface area contributed by atoms with E-state index >= 15 is 0 Å². The standard InChI is InChI=1S/C42H62N4O7/c1-4-20(2)40(50)52-31-16-25-36(49)35-30(48)15-24(19-47)51-38(35)26-11-21-7-10-45-39(44)33(21)27-17-42(8-5-6-9-42)29-12-22-14-32(43)46-18-23(22)13-28(34(27)29)41(31,3)53-37(25)26/h4,17,21-26,28,31-33,35-39,45-47,49H,5-16,18-19,43-44H2,1-3H3. The number of ketones is 1. The normalized spacial score (nSPS) is 48.9. The van der Waals surface area contributed by atoms with E-state index in [1.807, 2.05) is 6.92 Å². The summed E-state index contributed by atoms with van der Waals surface area (Å²) in [5, 5.41) is 29.8. The zero-order valence-electron chi connectivity index (χ0n) is 31.8. The van der Waals surface area contributed by atoms with Crippen molar-refractivity contribution in [2.24, 2.45) is 64.2 Å². The van der Waals surface area contributed by atoms with E-state index in [9.17, 15) is 19.8 Å². The van der Waals surface area contributed by atoms with Gasteiger partial charge in [-0.05, 0) is 114 Å². The molecule has 4 aliphatic carbocycles. The van der Waals surface area contributed by atoms with E-state index in [4.69, 9.17) is 25.7 Å². The second-order valence-corrected chi connectivity index (χ2v) is 18.7. The van der Waals surface area contributed by atoms with Gasteiger partial charge in [0.15, 0.2) is 0 Å². The SMILES string of the molecule is CC=C(C)C(=O)OC1CC2C(O)C3C(=O)CC(CO)OC3C3CC4CCNC(N)C4C4=CC5(CCCC5)C5=C4C(CC4CNC(N)CC4C5)C1(C)OC23. The number of fused-ring (bicyclic) bond motifs is 8. The molecular weight excluding hydrogens is 672 g/mol. The summed E-state index contributed by atoms with van der Waals surface area (Å²) in [6.45, 7) is 7.19. The van der Waals surface area contributed by atoms with Gasteiger partial charge in [-0.1, -0.05) is 30.6 Å². The van der Waals surface area contributed by atoms with Crippen LogP contribution in [0.4, 0.5) is 0 Å². The topological polar surface area (TPSA) is 178 Å². The van der Waals surface area contributed by atoms with Gasteiger partial charge in [0, 0.05) is 41.1 Å². The third-order valence-electron chi connectivity index (χ3n) is 16.1. The number of esters is 1. The molecule has 2 bridgehead atoms. The lowest BCUT2D eigenvalue weighted by molar-refractivity contribution is -0.294. The van der Waals surface area contributed by atoms with Crippen LogP contribution in [-0.2, 0) is 23.8 Å². The largest absolute Gasteiger partial charge is 0.456 e. The molecule has 0 aromatic heterocycles. The third kappa shape index (κ3) is 5.72. The number of aliphatic hydroxyl groups is 2. The van der Waals surface area contributed by atoms with Crippen molar-refractivity contribution in [3.8, 4) is 0 Å². The molecule has 16 atom stereocenters. The van der Waals surface area contributed by atoms with Gasteiger partial charge in [0.1, 0.15) is 17.5 Å². The Bertz CT molecular complexity index is 1590. The fourth-order valence-corrected chi connectivity index (χ4v) is 13.4. The number of nitrogens with one attached hydrogen (secondary N) is 2. The molecule has 1 spiro atoms. The van der Waals surface area contributed by atoms with E-state index < -0.39 is 48.0 Å². The van der Waals surface area contributed by atoms with Crippen molar-refractivity contribution in [3.05, 3.63) is 34.4 Å². The Morgan fingerprint density at radius 2 is 1.83 bits per heavy atom. The highest BCUT2D eigenvalue weighted by Gasteiger charge is 2.66. The summed E-state index contributed by atoms with van der Waals surface area (Å²) in [5.74, 6) is -0.864. The number of rotatable bonds is 3. The maximum Gasteiger partial charge on any atom is 0.333 e. The van der Waals surface area contributed by atoms with E-state index in [-0.39, 0.29) is 66.2 Å². The number of carbonyl (C=O) groups is 2. The Hall–Kier alpha value is -1.96. The molecule has 11 nitrogen and oxygen atoms in total. The number of ether oxygens (including phenoxy) is 3. The zero-order valence-corrected chi connectivity index (χ0v) is 31.8. The molecule has 53 heavy (non-hydrogen) atoms. The van der Waals surface area contributed by atoms with Gasteiger partial charge in [-0.15, -0.1) is 0 Å². The Morgan fingerprint density at radius 1 is 1.04 bits per heavy atom. The zero-order chi connectivity index (χ0) is 37.0. The lowest BCUT2D eigenvalue weighted by Crippen LogP contribution is -2.70. The average Bonchev–Trinajstić information content (AvgIpc) is 3.67. The third-order valence-corrected chi connectivity index (χ3v) is 16.1. The van der Waals surface area contributed by atoms with Gasteiger partial charge in [0.05, 0.1) is 49.3 Å². The second-order valence-electron chi connectivity index (χ2n) is 18.7. The summed E-state index contributed by atoms with van der Waals surface area (Å²) in [6, 6.07) is 0. The fraction of sp³-hybridized carbons (Fsp3) is 0.810. The molecule has 5 saturated heterocycles. The summed E-state index contributed by atoms with van der Waals surface area (Å²) in [4.78, 5) is 27.7. The van der Waals surface area contributed by atoms with Crippen molar-refractivity contribution >= 4 is 11.8 Å². The summed E-state index contributed by atoms with van der Waals surface area (Å²) in [5.41, 5.74) is 17.8. The van der Waals surface area contributed by atoms with Crippen LogP contribution in [0.15, 0.2) is 34.4 Å². The number of piperidine rings is 2. The van der Waals surface area contributed by atoms with Crippen molar-refractivity contribution in [1.29, 1.82) is 0 Å². The highest BCUT2D eigenvalue weighted by Crippen LogP contribution is 2.65. The van der Waals surface area contributed by atoms with Crippen LogP contribution in [0.25, 0.3) is 0 Å². The van der Waals surface area contributed by atoms with E-state index in [0.717, 1.165) is 58.0 Å². The van der Waals surface area contributed by atoms with Crippen LogP contribution in [0.1, 0.15) is 91.4 Å². The maximum atomic E-state index is 13.9. The van der Waals surface area contributed by atoms with E-state index in [2.05, 4.69) is 23.6 Å². The number of aliphatic hydroxyl groups excluding tert-OH is 2. The van der Waals surface area contributed by atoms with Crippen LogP contribution in [0, 0.1) is 52.8 Å². The minimum atomic E-state index is -1.02. The van der Waals surface area contributed by atoms with Gasteiger partial charge in [-0.25, -0.2) is 4.79 Å². The van der Waals surface area contributed by atoms with Crippen LogP contribution in [0.2, 0.25) is 0 Å². The molecule has 0 amide bonds. The Balaban J connectivity index is 1.26. The summed E-state index contributed by atoms with van der Waals surface area (Å²) in [6.07, 6.45) is 10.4. The Kier molecular flexibility index (Phi) is 9.41. The molecule has 7 fully saturated rings. The van der Waals surface area contributed by atoms with Crippen molar-refractivity contribution < 1.29 is 34.0 Å². The van der Waals surface area contributed by atoms with Gasteiger partial charge in [-0.2, -0.15) is 0 Å². The molecule has 9 aliphatic rings. The predicted octanol–water partition coefficient (Wildman–Crippen LogP) is 2.99. The molecule has 5 aliphatic heterocycles. The maximum absolute atomic E-state index is 13.9. The second kappa shape index (κ2) is 13.6. The molecule has 0 aromatic rings. The first-order valence-electron chi connectivity index (χ1n) is 20.9. The minimum Gasteiger partial charge on any atom is -0.456 e. The molecule has 2 saturated carbocycles. The molecule has 8 N–H and O–H groups in total. The van der Waals surface area contributed by atoms with Gasteiger partial charge in [0.25, 0.3) is 0 Å². The highest BCUT2D eigenvalue weighted by molar-refractivity contribution is 5.88. The van der Waals surface area contributed by atoms with Gasteiger partial charge < -0.3 is 46.5 Å². The number of hydrogen-bond donors (Lipinski definition) is 6. The van der Waals surface area contributed by atoms with Crippen LogP contribution < -0.4 is 22.1 Å². The first-order valence-corrected chi connectivity index (χ1v) is 20.9. The molecule has 0 aromatic carbocycles. The smallest absolute Gasteiger partial charge is 0.333 e. The number of Topliss-reactive ketones (excluding diaryl/α,β-unsaturated/α-hetero) is 1. The number of nitrogens with two attached hydrogens (primary N) is 2. The Labute approximate surface area is 314 Å². The molecule has 292 valence electrons. The van der Waals surface area contributed by atoms with Crippen LogP contribution in [0.3, 0.4) is 0 Å². The molecule has 9 rings (SSSR count). The van der Waals surface area contributed by atoms with Crippen molar-refractivity contribution in [2.75, 3.05) is 19.7 Å². The fourth-order valence-electron chi connectivity index (χ4n) is 13.4. The monoisotopic (exact) mass is 734 g/mol. The van der Waals surface area contributed by atoms with Crippen molar-refractivity contribution in [2.45, 2.75) is 140 Å². The first kappa shape index (κ1) is 36.7. The molecule has 5 heterocycles. The number of allylic oxidation sites excluding steroid dienone is 3. The highest BCUT2D eigenvalue weighted by atomic mass is 16.6. The van der Waals surface area contributed by atoms with Crippen molar-refractivity contribution in [1.82, 2.24) is 10.6 Å². The van der Waals surface area contributed by atoms with E-state index in [1.165, 1.54) is 24.0 Å². The van der Waals surface area contributed by atoms with Gasteiger partial charge in [-0.3, -0.25) is 4.79 Å².